The summed E-state index contributed by atoms with van der Waals surface area (Å²) >= 11 is 0. The van der Waals surface area contributed by atoms with Crippen LogP contribution in [0.25, 0.3) is 0 Å². The molecule has 1 rings (SSSR count). The predicted octanol–water partition coefficient (Wildman–Crippen LogP) is 2.35. The SMILES string of the molecule is CCON=N.O=C(O)c1ccccc1. The van der Waals surface area contributed by atoms with Crippen molar-refractivity contribution in [1.82, 2.24) is 0 Å². The molecule has 0 radical (unpaired) electrons. The van der Waals surface area contributed by atoms with Gasteiger partial charge in [0.1, 0.15) is 6.61 Å². The first-order valence-electron chi connectivity index (χ1n) is 3.99. The van der Waals surface area contributed by atoms with Gasteiger partial charge in [0.15, 0.2) is 0 Å². The summed E-state index contributed by atoms with van der Waals surface area (Å²) in [7, 11) is 0. The van der Waals surface area contributed by atoms with Crippen molar-refractivity contribution >= 4 is 5.97 Å². The molecule has 1 aromatic carbocycles. The molecule has 5 nitrogen and oxygen atoms in total. The Morgan fingerprint density at radius 2 is 2.07 bits per heavy atom. The summed E-state index contributed by atoms with van der Waals surface area (Å²) in [6.45, 7) is 2.27. The monoisotopic (exact) mass is 196 g/mol. The Morgan fingerprint density at radius 3 is 2.29 bits per heavy atom. The summed E-state index contributed by atoms with van der Waals surface area (Å²) in [6.07, 6.45) is 0. The normalized spacial score (nSPS) is 8.07. The highest BCUT2D eigenvalue weighted by molar-refractivity contribution is 5.87. The highest BCUT2D eigenvalue weighted by Gasteiger charge is 1.96. The fourth-order valence-electron chi connectivity index (χ4n) is 0.645. The summed E-state index contributed by atoms with van der Waals surface area (Å²) in [4.78, 5) is 14.3. The zero-order valence-electron chi connectivity index (χ0n) is 7.80. The van der Waals surface area contributed by atoms with Crippen LogP contribution in [0.1, 0.15) is 17.3 Å². The minimum Gasteiger partial charge on any atom is -0.478 e. The fourth-order valence-corrected chi connectivity index (χ4v) is 0.645. The minimum atomic E-state index is -0.879. The number of aromatic carboxylic acids is 1. The average Bonchev–Trinajstić information content (AvgIpc) is 2.21. The van der Waals surface area contributed by atoms with E-state index in [1.165, 1.54) is 0 Å². The third kappa shape index (κ3) is 5.70. The number of carboxylic acid groups (broad SMARTS) is 1. The van der Waals surface area contributed by atoms with Gasteiger partial charge in [-0.2, -0.15) is 5.53 Å². The third-order valence-electron chi connectivity index (χ3n) is 1.21. The second kappa shape index (κ2) is 7.72. The van der Waals surface area contributed by atoms with Crippen LogP contribution in [0.15, 0.2) is 35.6 Å². The average molecular weight is 196 g/mol. The maximum absolute atomic E-state index is 10.2. The van der Waals surface area contributed by atoms with Gasteiger partial charge in [0.25, 0.3) is 0 Å². The van der Waals surface area contributed by atoms with E-state index in [9.17, 15) is 4.79 Å². The van der Waals surface area contributed by atoms with Gasteiger partial charge in [-0.05, 0) is 19.1 Å². The van der Waals surface area contributed by atoms with Gasteiger partial charge in [-0.25, -0.2) is 4.79 Å². The van der Waals surface area contributed by atoms with Gasteiger partial charge in [0, 0.05) is 5.28 Å². The summed E-state index contributed by atoms with van der Waals surface area (Å²) in [5.74, 6) is -0.879. The highest BCUT2D eigenvalue weighted by atomic mass is 16.6. The van der Waals surface area contributed by atoms with Crippen molar-refractivity contribution in [2.45, 2.75) is 6.92 Å². The van der Waals surface area contributed by atoms with Crippen molar-refractivity contribution < 1.29 is 14.7 Å². The van der Waals surface area contributed by atoms with Crippen LogP contribution in [0.2, 0.25) is 0 Å². The van der Waals surface area contributed by atoms with Crippen LogP contribution in [0.4, 0.5) is 0 Å². The van der Waals surface area contributed by atoms with E-state index in [0.29, 0.717) is 12.2 Å². The van der Waals surface area contributed by atoms with Crippen molar-refractivity contribution in [2.24, 2.45) is 5.28 Å². The third-order valence-corrected chi connectivity index (χ3v) is 1.21. The van der Waals surface area contributed by atoms with Crippen molar-refractivity contribution in [3.63, 3.8) is 0 Å². The molecule has 5 heteroatoms. The molecule has 2 N–H and O–H groups in total. The Balaban J connectivity index is 0.000000292. The lowest BCUT2D eigenvalue weighted by Crippen LogP contribution is -1.93. The Morgan fingerprint density at radius 1 is 1.50 bits per heavy atom. The van der Waals surface area contributed by atoms with Gasteiger partial charge in [-0.15, -0.1) is 0 Å². The van der Waals surface area contributed by atoms with E-state index in [1.54, 1.807) is 37.3 Å². The Labute approximate surface area is 81.8 Å². The van der Waals surface area contributed by atoms with Crippen molar-refractivity contribution in [1.29, 1.82) is 5.53 Å². The molecule has 0 saturated heterocycles. The first-order valence-corrected chi connectivity index (χ1v) is 3.99. The number of nitrogens with one attached hydrogen (secondary N) is 1. The Hall–Kier alpha value is -1.91. The highest BCUT2D eigenvalue weighted by Crippen LogP contribution is 1.96. The van der Waals surface area contributed by atoms with Crippen molar-refractivity contribution in [3.05, 3.63) is 35.9 Å². The van der Waals surface area contributed by atoms with Crippen molar-refractivity contribution in [3.8, 4) is 0 Å². The van der Waals surface area contributed by atoms with Crippen LogP contribution in [-0.2, 0) is 4.84 Å². The number of hydrogen-bond acceptors (Lipinski definition) is 4. The largest absolute Gasteiger partial charge is 0.478 e. The molecule has 0 amide bonds. The molecule has 0 fully saturated rings. The first kappa shape index (κ1) is 12.1. The van der Waals surface area contributed by atoms with Gasteiger partial charge in [-0.1, -0.05) is 18.2 Å². The number of rotatable bonds is 3. The molecular formula is C9H12N2O3. The van der Waals surface area contributed by atoms with Gasteiger partial charge in [0.2, 0.25) is 0 Å². The second-order valence-corrected chi connectivity index (χ2v) is 2.18. The molecule has 14 heavy (non-hydrogen) atoms. The Bertz CT molecular complexity index is 275. The summed E-state index contributed by atoms with van der Waals surface area (Å²) < 4.78 is 0. The lowest BCUT2D eigenvalue weighted by molar-refractivity contribution is 0.0697. The zero-order chi connectivity index (χ0) is 10.8. The molecule has 0 atom stereocenters. The molecule has 76 valence electrons. The van der Waals surface area contributed by atoms with Crippen molar-refractivity contribution in [2.75, 3.05) is 6.61 Å². The lowest BCUT2D eigenvalue weighted by Gasteiger charge is -1.88. The fraction of sp³-hybridized carbons (Fsp3) is 0.222. The number of benzene rings is 1. The van der Waals surface area contributed by atoms with E-state index in [0.717, 1.165) is 0 Å². The van der Waals surface area contributed by atoms with Gasteiger partial charge < -0.3 is 9.94 Å². The van der Waals surface area contributed by atoms with E-state index in [1.807, 2.05) is 0 Å². The molecule has 0 bridgehead atoms. The topological polar surface area (TPSA) is 82.7 Å². The summed E-state index contributed by atoms with van der Waals surface area (Å²) in [6, 6.07) is 8.30. The molecule has 0 aliphatic carbocycles. The number of carboxylic acids is 1. The van der Waals surface area contributed by atoms with Crippen LogP contribution < -0.4 is 0 Å². The van der Waals surface area contributed by atoms with E-state index >= 15 is 0 Å². The zero-order valence-corrected chi connectivity index (χ0v) is 7.80. The summed E-state index contributed by atoms with van der Waals surface area (Å²) in [5, 5.41) is 11.0. The molecule has 0 aliphatic rings. The smallest absolute Gasteiger partial charge is 0.335 e. The minimum absolute atomic E-state index is 0.331. The second-order valence-electron chi connectivity index (χ2n) is 2.18. The lowest BCUT2D eigenvalue weighted by atomic mass is 10.2. The van der Waals surface area contributed by atoms with Gasteiger partial charge >= 0.3 is 5.97 Å². The molecule has 0 unspecified atom stereocenters. The van der Waals surface area contributed by atoms with Gasteiger partial charge in [0.05, 0.1) is 5.56 Å². The van der Waals surface area contributed by atoms with Crippen LogP contribution in [0, 0.1) is 5.53 Å². The quantitative estimate of drug-likeness (QED) is 0.575. The number of nitrogens with zero attached hydrogens (tertiary/aromatic N) is 1. The predicted molar refractivity (Wildman–Crippen MR) is 50.2 cm³/mol. The maximum Gasteiger partial charge on any atom is 0.335 e. The standard InChI is InChI=1S/C7H6O2.C2H6N2O/c8-7(9)6-4-2-1-3-5-6;1-2-5-4-3/h1-5H,(H,8,9);3H,2H2,1H3. The Kier molecular flexibility index (Phi) is 6.67. The molecule has 0 aromatic heterocycles. The molecule has 0 saturated carbocycles. The van der Waals surface area contributed by atoms with E-state index < -0.39 is 5.97 Å². The van der Waals surface area contributed by atoms with Gasteiger partial charge in [-0.3, -0.25) is 0 Å². The summed E-state index contributed by atoms with van der Waals surface area (Å²) in [5.41, 5.74) is 6.34. The van der Waals surface area contributed by atoms with Crippen LogP contribution >= 0.6 is 0 Å². The molecule has 0 spiro atoms. The molecule has 0 heterocycles. The maximum atomic E-state index is 10.2. The van der Waals surface area contributed by atoms with E-state index in [-0.39, 0.29) is 0 Å². The number of carbonyl (C=O) groups is 1. The molecular weight excluding hydrogens is 184 g/mol. The van der Waals surface area contributed by atoms with Crippen LogP contribution in [0.5, 0.6) is 0 Å². The van der Waals surface area contributed by atoms with Crippen LogP contribution in [-0.4, -0.2) is 17.7 Å². The van der Waals surface area contributed by atoms with E-state index in [4.69, 9.17) is 10.6 Å². The molecule has 0 aliphatic heterocycles. The first-order chi connectivity index (χ1) is 6.72. The number of hydrogen-bond donors (Lipinski definition) is 2. The van der Waals surface area contributed by atoms with E-state index in [2.05, 4.69) is 10.1 Å². The van der Waals surface area contributed by atoms with Crippen LogP contribution in [0.3, 0.4) is 0 Å². The molecule has 1 aromatic rings.